The average Bonchev–Trinajstić information content (AvgIpc) is 2.78. The predicted molar refractivity (Wildman–Crippen MR) is 133 cm³/mol. The Morgan fingerprint density at radius 1 is 1.15 bits per heavy atom. The van der Waals surface area contributed by atoms with Crippen molar-refractivity contribution in [3.8, 4) is 5.75 Å². The Hall–Kier alpha value is -2.59. The fraction of sp³-hybridized carbons (Fsp3) is 0.391. The largest absolute Gasteiger partial charge is 0.497 e. The maximum absolute atomic E-state index is 13.1. The highest BCUT2D eigenvalue weighted by Gasteiger charge is 2.26. The van der Waals surface area contributed by atoms with Crippen LogP contribution in [-0.4, -0.2) is 58.1 Å². The monoisotopic (exact) mass is 539 g/mol. The number of nitrogens with one attached hydrogen (secondary N) is 1. The minimum Gasteiger partial charge on any atom is -0.497 e. The Kier molecular flexibility index (Phi) is 9.72. The zero-order valence-corrected chi connectivity index (χ0v) is 21.6. The van der Waals surface area contributed by atoms with Crippen LogP contribution in [0, 0.1) is 0 Å². The molecule has 1 atom stereocenters. The van der Waals surface area contributed by atoms with Crippen molar-refractivity contribution in [3.63, 3.8) is 0 Å². The lowest BCUT2D eigenvalue weighted by molar-refractivity contribution is -0.140. The number of anilines is 1. The summed E-state index contributed by atoms with van der Waals surface area (Å²) in [6.45, 7) is 2.08. The van der Waals surface area contributed by atoms with Gasteiger partial charge < -0.3 is 15.0 Å². The first-order chi connectivity index (χ1) is 15.6. The molecule has 0 radical (unpaired) electrons. The quantitative estimate of drug-likeness (QED) is 0.473. The molecule has 2 aromatic carbocycles. The van der Waals surface area contributed by atoms with E-state index >= 15 is 0 Å². The van der Waals surface area contributed by atoms with Crippen LogP contribution in [0.1, 0.15) is 25.3 Å². The molecule has 0 spiro atoms. The minimum atomic E-state index is -3.54. The molecule has 2 amide bonds. The van der Waals surface area contributed by atoms with E-state index in [-0.39, 0.29) is 31.3 Å². The van der Waals surface area contributed by atoms with Crippen LogP contribution in [0.15, 0.2) is 53.0 Å². The maximum atomic E-state index is 13.1. The van der Waals surface area contributed by atoms with Crippen LogP contribution in [0.2, 0.25) is 0 Å². The fourth-order valence-corrected chi connectivity index (χ4v) is 4.79. The maximum Gasteiger partial charge on any atom is 0.242 e. The van der Waals surface area contributed by atoms with E-state index < -0.39 is 16.1 Å². The number of carbonyl (C=O) groups excluding carboxylic acids is 2. The lowest BCUT2D eigenvalue weighted by atomic mass is 10.1. The highest BCUT2D eigenvalue weighted by atomic mass is 79.9. The number of rotatable bonds is 11. The summed E-state index contributed by atoms with van der Waals surface area (Å²) in [6, 6.07) is 13.6. The summed E-state index contributed by atoms with van der Waals surface area (Å²) in [5.41, 5.74) is 1.37. The molecule has 0 saturated heterocycles. The van der Waals surface area contributed by atoms with Gasteiger partial charge in [-0.1, -0.05) is 28.1 Å². The molecule has 0 bridgehead atoms. The Balaban J connectivity index is 2.13. The molecule has 33 heavy (non-hydrogen) atoms. The second-order valence-corrected chi connectivity index (χ2v) is 10.4. The summed E-state index contributed by atoms with van der Waals surface area (Å²) in [5.74, 6) is 0.123. The van der Waals surface area contributed by atoms with E-state index in [1.807, 2.05) is 24.3 Å². The molecule has 0 heterocycles. The molecular weight excluding hydrogens is 510 g/mol. The number of sulfonamides is 1. The number of amides is 2. The summed E-state index contributed by atoms with van der Waals surface area (Å²) >= 11 is 3.42. The first kappa shape index (κ1) is 26.7. The normalized spacial score (nSPS) is 12.0. The molecule has 0 aliphatic heterocycles. The average molecular weight is 540 g/mol. The van der Waals surface area contributed by atoms with Crippen molar-refractivity contribution < 1.29 is 22.7 Å². The number of halogens is 1. The summed E-state index contributed by atoms with van der Waals surface area (Å²) in [4.78, 5) is 26.9. The van der Waals surface area contributed by atoms with Crippen molar-refractivity contribution in [2.75, 3.05) is 31.3 Å². The first-order valence-electron chi connectivity index (χ1n) is 10.4. The Morgan fingerprint density at radius 3 is 2.36 bits per heavy atom. The molecule has 0 fully saturated rings. The van der Waals surface area contributed by atoms with Crippen molar-refractivity contribution in [1.29, 1.82) is 0 Å². The van der Waals surface area contributed by atoms with Crippen molar-refractivity contribution in [3.05, 3.63) is 58.6 Å². The van der Waals surface area contributed by atoms with Gasteiger partial charge in [0.05, 0.1) is 19.1 Å². The summed E-state index contributed by atoms with van der Waals surface area (Å²) < 4.78 is 32.0. The van der Waals surface area contributed by atoms with Gasteiger partial charge >= 0.3 is 0 Å². The number of methoxy groups -OCH3 is 1. The molecule has 0 aromatic heterocycles. The van der Waals surface area contributed by atoms with E-state index in [0.717, 1.165) is 16.3 Å². The number of benzene rings is 2. The van der Waals surface area contributed by atoms with Crippen molar-refractivity contribution in [2.45, 2.75) is 32.4 Å². The number of hydrogen-bond donors (Lipinski definition) is 1. The van der Waals surface area contributed by atoms with Crippen molar-refractivity contribution >= 4 is 43.5 Å². The van der Waals surface area contributed by atoms with Gasteiger partial charge in [0.2, 0.25) is 21.8 Å². The molecule has 180 valence electrons. The highest BCUT2D eigenvalue weighted by Crippen LogP contribution is 2.22. The zero-order valence-electron chi connectivity index (χ0n) is 19.2. The van der Waals surface area contributed by atoms with Gasteiger partial charge in [0, 0.05) is 31.0 Å². The third kappa shape index (κ3) is 7.75. The minimum absolute atomic E-state index is 0.0948. The Morgan fingerprint density at radius 2 is 1.82 bits per heavy atom. The molecule has 2 rings (SSSR count). The van der Waals surface area contributed by atoms with Crippen LogP contribution in [0.4, 0.5) is 5.69 Å². The molecule has 10 heteroatoms. The van der Waals surface area contributed by atoms with Gasteiger partial charge in [0.25, 0.3) is 0 Å². The van der Waals surface area contributed by atoms with Crippen molar-refractivity contribution in [1.82, 2.24) is 10.2 Å². The molecule has 8 nitrogen and oxygen atoms in total. The third-order valence-electron chi connectivity index (χ3n) is 5.17. The number of nitrogens with zero attached hydrogens (tertiary/aromatic N) is 2. The second kappa shape index (κ2) is 12.0. The zero-order chi connectivity index (χ0) is 24.6. The van der Waals surface area contributed by atoms with E-state index in [1.165, 1.54) is 23.4 Å². The lowest BCUT2D eigenvalue weighted by Crippen LogP contribution is -2.46. The van der Waals surface area contributed by atoms with Crippen LogP contribution in [0.5, 0.6) is 5.75 Å². The summed E-state index contributed by atoms with van der Waals surface area (Å²) in [7, 11) is -0.481. The molecule has 1 N–H and O–H groups in total. The van der Waals surface area contributed by atoms with E-state index in [9.17, 15) is 18.0 Å². The Bertz CT molecular complexity index is 1060. The molecule has 0 unspecified atom stereocenters. The summed E-state index contributed by atoms with van der Waals surface area (Å²) in [5, 5.41) is 2.58. The van der Waals surface area contributed by atoms with E-state index in [4.69, 9.17) is 4.74 Å². The van der Waals surface area contributed by atoms with Gasteiger partial charge in [-0.15, -0.1) is 0 Å². The number of hydrogen-bond acceptors (Lipinski definition) is 5. The number of carbonyl (C=O) groups is 2. The third-order valence-corrected chi connectivity index (χ3v) is 6.86. The van der Waals surface area contributed by atoms with E-state index in [2.05, 4.69) is 21.2 Å². The van der Waals surface area contributed by atoms with Gasteiger partial charge in [-0.05, 0) is 55.3 Å². The van der Waals surface area contributed by atoms with Gasteiger partial charge in [0.1, 0.15) is 11.8 Å². The van der Waals surface area contributed by atoms with Gasteiger partial charge in [-0.25, -0.2) is 8.42 Å². The molecule has 0 aliphatic rings. The summed E-state index contributed by atoms with van der Waals surface area (Å²) in [6.07, 6.45) is 1.52. The van der Waals surface area contributed by atoms with Gasteiger partial charge in [-0.2, -0.15) is 0 Å². The fourth-order valence-electron chi connectivity index (χ4n) is 3.38. The predicted octanol–water partition coefficient (Wildman–Crippen LogP) is 3.17. The second-order valence-electron chi connectivity index (χ2n) is 7.58. The topological polar surface area (TPSA) is 96.0 Å². The Labute approximate surface area is 204 Å². The molecule has 0 aliphatic carbocycles. The standard InChI is InChI=1S/C23H30BrN3O5S/c1-17(23(29)25-2)26(16-18-7-5-8-19(24)15-18)22(28)9-6-14-27(33(4,30)31)20-10-12-21(32-3)13-11-20/h5,7-8,10-13,15,17H,6,9,14,16H2,1-4H3,(H,25,29)/t17-/m1/s1. The van der Waals surface area contributed by atoms with Crippen LogP contribution < -0.4 is 14.4 Å². The van der Waals surface area contributed by atoms with Crippen LogP contribution in [0.25, 0.3) is 0 Å². The molecule has 0 saturated carbocycles. The van der Waals surface area contributed by atoms with Crippen LogP contribution in [-0.2, 0) is 26.2 Å². The van der Waals surface area contributed by atoms with Crippen LogP contribution in [0.3, 0.4) is 0 Å². The van der Waals surface area contributed by atoms with Crippen molar-refractivity contribution in [2.24, 2.45) is 0 Å². The van der Waals surface area contributed by atoms with E-state index in [0.29, 0.717) is 17.9 Å². The number of likely N-dealkylation sites (N-methyl/N-ethyl adjacent to an activating group) is 1. The SMILES string of the molecule is CNC(=O)[C@@H](C)N(Cc1cccc(Br)c1)C(=O)CCCN(c1ccc(OC)cc1)S(C)(=O)=O. The smallest absolute Gasteiger partial charge is 0.242 e. The number of ether oxygens (including phenoxy) is 1. The highest BCUT2D eigenvalue weighted by molar-refractivity contribution is 9.10. The van der Waals surface area contributed by atoms with Crippen LogP contribution >= 0.6 is 15.9 Å². The molecule has 2 aromatic rings. The first-order valence-corrected chi connectivity index (χ1v) is 13.1. The van der Waals surface area contributed by atoms with Gasteiger partial charge in [0.15, 0.2) is 0 Å². The lowest BCUT2D eigenvalue weighted by Gasteiger charge is -2.29. The van der Waals surface area contributed by atoms with E-state index in [1.54, 1.807) is 31.2 Å². The molecular formula is C23H30BrN3O5S. The van der Waals surface area contributed by atoms with Gasteiger partial charge in [-0.3, -0.25) is 13.9 Å².